The second-order valence-corrected chi connectivity index (χ2v) is 8.02. The molecule has 0 aliphatic rings. The second-order valence-electron chi connectivity index (χ2n) is 6.92. The van der Waals surface area contributed by atoms with Gasteiger partial charge in [0.05, 0.1) is 42.2 Å². The lowest BCUT2D eigenvalue weighted by atomic mass is 10.2. The molecular weight excluding hydrogens is 398 g/mol. The fraction of sp³-hybridized carbons (Fsp3) is 0.304. The van der Waals surface area contributed by atoms with E-state index in [4.69, 9.17) is 9.47 Å². The van der Waals surface area contributed by atoms with Crippen LogP contribution in [0, 0.1) is 20.8 Å². The summed E-state index contributed by atoms with van der Waals surface area (Å²) >= 11 is 1.54. The van der Waals surface area contributed by atoms with Crippen molar-refractivity contribution in [2.45, 2.75) is 20.8 Å². The lowest BCUT2D eigenvalue weighted by Crippen LogP contribution is -2.16. The summed E-state index contributed by atoms with van der Waals surface area (Å²) in [6.07, 6.45) is 0. The number of benzene rings is 2. The Kier molecular flexibility index (Phi) is 7.41. The number of anilines is 1. The number of aromatic nitrogens is 2. The van der Waals surface area contributed by atoms with Gasteiger partial charge < -0.3 is 14.8 Å². The molecule has 7 heteroatoms. The fourth-order valence-electron chi connectivity index (χ4n) is 2.99. The Morgan fingerprint density at radius 2 is 1.70 bits per heavy atom. The van der Waals surface area contributed by atoms with Crippen LogP contribution >= 0.6 is 11.8 Å². The number of thioether (sulfide) groups is 1. The van der Waals surface area contributed by atoms with Crippen molar-refractivity contribution in [3.05, 3.63) is 65.5 Å². The molecule has 1 N–H and O–H groups in total. The number of methoxy groups -OCH3 is 1. The van der Waals surface area contributed by atoms with Crippen LogP contribution in [-0.2, 0) is 4.79 Å². The summed E-state index contributed by atoms with van der Waals surface area (Å²) < 4.78 is 12.7. The minimum absolute atomic E-state index is 0.0425. The molecule has 1 heterocycles. The van der Waals surface area contributed by atoms with Gasteiger partial charge in [-0.25, -0.2) is 4.68 Å². The maximum Gasteiger partial charge on any atom is 0.234 e. The third-order valence-corrected chi connectivity index (χ3v) is 5.54. The molecule has 1 aromatic heterocycles. The van der Waals surface area contributed by atoms with E-state index < -0.39 is 0 Å². The summed E-state index contributed by atoms with van der Waals surface area (Å²) in [5.41, 5.74) is 4.66. The van der Waals surface area contributed by atoms with Gasteiger partial charge in [-0.15, -0.1) is 11.8 Å². The Morgan fingerprint density at radius 1 is 1.03 bits per heavy atom. The van der Waals surface area contributed by atoms with Crippen molar-refractivity contribution >= 4 is 23.4 Å². The van der Waals surface area contributed by atoms with Crippen molar-refractivity contribution in [2.24, 2.45) is 0 Å². The van der Waals surface area contributed by atoms with Crippen LogP contribution in [-0.4, -0.2) is 40.9 Å². The Labute approximate surface area is 181 Å². The maximum atomic E-state index is 12.4. The van der Waals surface area contributed by atoms with Crippen molar-refractivity contribution in [2.75, 3.05) is 30.5 Å². The van der Waals surface area contributed by atoms with Gasteiger partial charge in [0.15, 0.2) is 0 Å². The molecule has 30 heavy (non-hydrogen) atoms. The van der Waals surface area contributed by atoms with Gasteiger partial charge in [0, 0.05) is 5.75 Å². The number of hydrogen-bond acceptors (Lipinski definition) is 5. The van der Waals surface area contributed by atoms with Gasteiger partial charge in [-0.2, -0.15) is 5.10 Å². The number of ether oxygens (including phenoxy) is 2. The molecule has 0 aliphatic carbocycles. The first-order valence-corrected chi connectivity index (χ1v) is 10.9. The maximum absolute atomic E-state index is 12.4. The van der Waals surface area contributed by atoms with Gasteiger partial charge in [-0.1, -0.05) is 17.7 Å². The average Bonchev–Trinajstić information content (AvgIpc) is 3.02. The van der Waals surface area contributed by atoms with Gasteiger partial charge in [-0.3, -0.25) is 4.79 Å². The van der Waals surface area contributed by atoms with Crippen molar-refractivity contribution in [3.8, 4) is 17.2 Å². The molecule has 0 unspecified atom stereocenters. The average molecular weight is 426 g/mol. The molecule has 0 aliphatic heterocycles. The molecule has 3 aromatic rings. The lowest BCUT2D eigenvalue weighted by molar-refractivity contribution is -0.113. The number of amides is 1. The highest BCUT2D eigenvalue weighted by Crippen LogP contribution is 2.23. The smallest absolute Gasteiger partial charge is 0.234 e. The molecule has 3 rings (SSSR count). The van der Waals surface area contributed by atoms with Crippen LogP contribution in [0.1, 0.15) is 17.0 Å². The SMILES string of the molecule is COc1ccc(OCCSCC(=O)Nc2c(C)nn(-c3ccc(C)cc3)c2C)cc1. The molecule has 0 spiro atoms. The molecule has 0 atom stereocenters. The van der Waals surface area contributed by atoms with Crippen LogP contribution < -0.4 is 14.8 Å². The third-order valence-electron chi connectivity index (χ3n) is 4.62. The van der Waals surface area contributed by atoms with Crippen molar-refractivity contribution in [1.29, 1.82) is 0 Å². The van der Waals surface area contributed by atoms with Crippen LogP contribution in [0.4, 0.5) is 5.69 Å². The van der Waals surface area contributed by atoms with Gasteiger partial charge in [0.25, 0.3) is 0 Å². The van der Waals surface area contributed by atoms with Crippen LogP contribution in [0.5, 0.6) is 11.5 Å². The molecule has 0 radical (unpaired) electrons. The minimum Gasteiger partial charge on any atom is -0.497 e. The Hall–Kier alpha value is -2.93. The number of nitrogens with one attached hydrogen (secondary N) is 1. The van der Waals surface area contributed by atoms with Gasteiger partial charge in [-0.05, 0) is 57.2 Å². The van der Waals surface area contributed by atoms with E-state index in [1.54, 1.807) is 7.11 Å². The van der Waals surface area contributed by atoms with Crippen molar-refractivity contribution in [3.63, 3.8) is 0 Å². The monoisotopic (exact) mass is 425 g/mol. The van der Waals surface area contributed by atoms with Crippen molar-refractivity contribution in [1.82, 2.24) is 9.78 Å². The molecule has 0 fully saturated rings. The quantitative estimate of drug-likeness (QED) is 0.509. The Bertz CT molecular complexity index is 982. The number of hydrogen-bond donors (Lipinski definition) is 1. The minimum atomic E-state index is -0.0425. The summed E-state index contributed by atoms with van der Waals surface area (Å²) in [4.78, 5) is 12.4. The number of carbonyl (C=O) groups excluding carboxylic acids is 1. The van der Waals surface area contributed by atoms with Gasteiger partial charge in [0.2, 0.25) is 5.91 Å². The summed E-state index contributed by atoms with van der Waals surface area (Å²) in [5, 5.41) is 7.59. The number of aryl methyl sites for hydroxylation is 2. The zero-order valence-electron chi connectivity index (χ0n) is 17.8. The lowest BCUT2D eigenvalue weighted by Gasteiger charge is -2.08. The molecule has 0 saturated carbocycles. The van der Waals surface area contributed by atoms with Crippen LogP contribution in [0.3, 0.4) is 0 Å². The molecular formula is C23H27N3O3S. The Morgan fingerprint density at radius 3 is 2.37 bits per heavy atom. The van der Waals surface area contributed by atoms with E-state index in [0.29, 0.717) is 12.4 Å². The van der Waals surface area contributed by atoms with E-state index in [2.05, 4.69) is 29.5 Å². The van der Waals surface area contributed by atoms with Crippen LogP contribution in [0.15, 0.2) is 48.5 Å². The molecule has 6 nitrogen and oxygen atoms in total. The first kappa shape index (κ1) is 21.8. The second kappa shape index (κ2) is 10.2. The van der Waals surface area contributed by atoms with Crippen LogP contribution in [0.2, 0.25) is 0 Å². The van der Waals surface area contributed by atoms with E-state index >= 15 is 0 Å². The van der Waals surface area contributed by atoms with E-state index in [1.165, 1.54) is 17.3 Å². The fourth-order valence-corrected chi connectivity index (χ4v) is 3.59. The summed E-state index contributed by atoms with van der Waals surface area (Å²) in [6.45, 7) is 6.46. The normalized spacial score (nSPS) is 10.7. The Balaban J connectivity index is 1.47. The zero-order valence-corrected chi connectivity index (χ0v) is 18.6. The molecule has 158 valence electrons. The first-order valence-electron chi connectivity index (χ1n) is 9.75. The number of nitrogens with zero attached hydrogens (tertiary/aromatic N) is 2. The van der Waals surface area contributed by atoms with Crippen LogP contribution in [0.25, 0.3) is 5.69 Å². The third kappa shape index (κ3) is 5.57. The standard InChI is InChI=1S/C23H27N3O3S/c1-16-5-7-19(8-6-16)26-18(3)23(17(2)25-26)24-22(27)15-30-14-13-29-21-11-9-20(28-4)10-12-21/h5-12H,13-15H2,1-4H3,(H,24,27). The van der Waals surface area contributed by atoms with E-state index in [1.807, 2.05) is 54.9 Å². The number of carbonyl (C=O) groups is 1. The number of rotatable bonds is 9. The van der Waals surface area contributed by atoms with Gasteiger partial charge in [0.1, 0.15) is 11.5 Å². The highest BCUT2D eigenvalue weighted by atomic mass is 32.2. The van der Waals surface area contributed by atoms with E-state index in [0.717, 1.165) is 40.0 Å². The van der Waals surface area contributed by atoms with E-state index in [9.17, 15) is 4.79 Å². The molecule has 2 aromatic carbocycles. The highest BCUT2D eigenvalue weighted by molar-refractivity contribution is 7.99. The van der Waals surface area contributed by atoms with E-state index in [-0.39, 0.29) is 5.91 Å². The highest BCUT2D eigenvalue weighted by Gasteiger charge is 2.15. The predicted molar refractivity (Wildman–Crippen MR) is 122 cm³/mol. The topological polar surface area (TPSA) is 65.4 Å². The van der Waals surface area contributed by atoms with Crippen molar-refractivity contribution < 1.29 is 14.3 Å². The first-order chi connectivity index (χ1) is 14.5. The summed E-state index contributed by atoms with van der Waals surface area (Å²) in [7, 11) is 1.63. The summed E-state index contributed by atoms with van der Waals surface area (Å²) in [5.74, 6) is 2.63. The molecule has 0 saturated heterocycles. The molecule has 0 bridgehead atoms. The predicted octanol–water partition coefficient (Wildman–Crippen LogP) is 4.56. The largest absolute Gasteiger partial charge is 0.497 e. The molecule has 1 amide bonds. The van der Waals surface area contributed by atoms with Gasteiger partial charge >= 0.3 is 0 Å². The summed E-state index contributed by atoms with van der Waals surface area (Å²) in [6, 6.07) is 15.6. The zero-order chi connectivity index (χ0) is 21.5.